The van der Waals surface area contributed by atoms with Crippen LogP contribution in [0.25, 0.3) is 0 Å². The molecule has 0 aliphatic rings. The van der Waals surface area contributed by atoms with Crippen LogP contribution in [0.3, 0.4) is 0 Å². The van der Waals surface area contributed by atoms with Gasteiger partial charge in [0.15, 0.2) is 23.9 Å². The van der Waals surface area contributed by atoms with Gasteiger partial charge in [0.2, 0.25) is 0 Å². The highest BCUT2D eigenvalue weighted by Crippen LogP contribution is 2.30. The van der Waals surface area contributed by atoms with E-state index in [9.17, 15) is 18.4 Å². The van der Waals surface area contributed by atoms with Crippen LogP contribution >= 0.6 is 15.9 Å². The standard InChI is InChI=1S/C18H15BrF2O6/c1-24-14-5-3-10(7-12(14)19)13(22)9-26-17(23)11-4-6-15(27-18(20)21)16(8-11)25-2/h3-8,18H,9H2,1-2H3. The van der Waals surface area contributed by atoms with Crippen LogP contribution in [0, 0.1) is 0 Å². The number of hydrogen-bond donors (Lipinski definition) is 0. The van der Waals surface area contributed by atoms with Crippen molar-refractivity contribution >= 4 is 27.7 Å². The molecule has 144 valence electrons. The van der Waals surface area contributed by atoms with Gasteiger partial charge < -0.3 is 18.9 Å². The van der Waals surface area contributed by atoms with Crippen molar-refractivity contribution in [2.24, 2.45) is 0 Å². The molecule has 0 aromatic heterocycles. The summed E-state index contributed by atoms with van der Waals surface area (Å²) in [7, 11) is 2.74. The van der Waals surface area contributed by atoms with E-state index in [0.717, 1.165) is 6.07 Å². The predicted molar refractivity (Wildman–Crippen MR) is 94.9 cm³/mol. The normalized spacial score (nSPS) is 10.4. The van der Waals surface area contributed by atoms with Crippen molar-refractivity contribution in [2.45, 2.75) is 6.61 Å². The topological polar surface area (TPSA) is 71.1 Å². The molecule has 0 unspecified atom stereocenters. The smallest absolute Gasteiger partial charge is 0.387 e. The van der Waals surface area contributed by atoms with Gasteiger partial charge in [0, 0.05) is 5.56 Å². The first kappa shape index (κ1) is 20.6. The molecule has 6 nitrogen and oxygen atoms in total. The number of ether oxygens (including phenoxy) is 4. The minimum absolute atomic E-state index is 0.0252. The Kier molecular flexibility index (Phi) is 7.12. The van der Waals surface area contributed by atoms with Crippen LogP contribution in [-0.2, 0) is 4.74 Å². The lowest BCUT2D eigenvalue weighted by atomic mass is 10.1. The van der Waals surface area contributed by atoms with E-state index in [0.29, 0.717) is 15.8 Å². The Labute approximate surface area is 162 Å². The molecule has 0 amide bonds. The van der Waals surface area contributed by atoms with Gasteiger partial charge in [0.25, 0.3) is 0 Å². The van der Waals surface area contributed by atoms with Crippen LogP contribution in [0.5, 0.6) is 17.2 Å². The summed E-state index contributed by atoms with van der Waals surface area (Å²) in [6.45, 7) is -3.52. The van der Waals surface area contributed by atoms with Crippen LogP contribution in [0.4, 0.5) is 8.78 Å². The molecule has 0 fully saturated rings. The Morgan fingerprint density at radius 3 is 2.19 bits per heavy atom. The van der Waals surface area contributed by atoms with Gasteiger partial charge in [-0.15, -0.1) is 0 Å². The van der Waals surface area contributed by atoms with Gasteiger partial charge >= 0.3 is 12.6 Å². The largest absolute Gasteiger partial charge is 0.496 e. The lowest BCUT2D eigenvalue weighted by Gasteiger charge is -2.11. The first-order chi connectivity index (χ1) is 12.8. The van der Waals surface area contributed by atoms with E-state index in [1.807, 2.05) is 0 Å². The monoisotopic (exact) mass is 444 g/mol. The van der Waals surface area contributed by atoms with Gasteiger partial charge in [-0.05, 0) is 52.3 Å². The average molecular weight is 445 g/mol. The van der Waals surface area contributed by atoms with E-state index in [-0.39, 0.29) is 17.1 Å². The molecule has 2 aromatic carbocycles. The third kappa shape index (κ3) is 5.40. The second kappa shape index (κ2) is 9.31. The molecule has 0 saturated carbocycles. The second-order valence-corrected chi connectivity index (χ2v) is 5.95. The SMILES string of the molecule is COc1ccc(C(=O)COC(=O)c2ccc(OC(F)F)c(OC)c2)cc1Br. The van der Waals surface area contributed by atoms with Crippen molar-refractivity contribution in [1.82, 2.24) is 0 Å². The molecule has 0 N–H and O–H groups in total. The Balaban J connectivity index is 2.04. The van der Waals surface area contributed by atoms with Crippen molar-refractivity contribution in [1.29, 1.82) is 0 Å². The van der Waals surface area contributed by atoms with Gasteiger partial charge in [-0.2, -0.15) is 8.78 Å². The molecular formula is C18H15BrF2O6. The average Bonchev–Trinajstić information content (AvgIpc) is 2.65. The third-order valence-corrected chi connectivity index (χ3v) is 4.04. The number of hydrogen-bond acceptors (Lipinski definition) is 6. The number of carbonyl (C=O) groups is 2. The summed E-state index contributed by atoms with van der Waals surface area (Å²) in [6, 6.07) is 8.27. The van der Waals surface area contributed by atoms with E-state index < -0.39 is 25.0 Å². The van der Waals surface area contributed by atoms with Crippen LogP contribution in [0.2, 0.25) is 0 Å². The minimum atomic E-state index is -3.03. The molecule has 0 heterocycles. The third-order valence-electron chi connectivity index (χ3n) is 3.42. The van der Waals surface area contributed by atoms with Crippen LogP contribution < -0.4 is 14.2 Å². The van der Waals surface area contributed by atoms with Crippen molar-refractivity contribution in [3.8, 4) is 17.2 Å². The summed E-state index contributed by atoms with van der Waals surface area (Å²) in [5.41, 5.74) is 0.353. The Bertz CT molecular complexity index is 841. The molecule has 0 saturated heterocycles. The number of Topliss-reactive ketones (excluding diaryl/α,β-unsaturated/α-hetero) is 1. The molecule has 27 heavy (non-hydrogen) atoms. The summed E-state index contributed by atoms with van der Waals surface area (Å²) < 4.78 is 44.5. The summed E-state index contributed by atoms with van der Waals surface area (Å²) in [5, 5.41) is 0. The highest BCUT2D eigenvalue weighted by Gasteiger charge is 2.17. The lowest BCUT2D eigenvalue weighted by molar-refractivity contribution is -0.0512. The highest BCUT2D eigenvalue weighted by molar-refractivity contribution is 9.10. The van der Waals surface area contributed by atoms with Crippen molar-refractivity contribution in [2.75, 3.05) is 20.8 Å². The number of benzene rings is 2. The highest BCUT2D eigenvalue weighted by atomic mass is 79.9. The zero-order valence-electron chi connectivity index (χ0n) is 14.3. The quantitative estimate of drug-likeness (QED) is 0.450. The van der Waals surface area contributed by atoms with Gasteiger partial charge in [0.05, 0.1) is 24.3 Å². The number of esters is 1. The predicted octanol–water partition coefficient (Wildman–Crippen LogP) is 4.11. The number of ketones is 1. The zero-order valence-corrected chi connectivity index (χ0v) is 15.9. The Hall–Kier alpha value is -2.68. The number of halogens is 3. The molecule has 2 aromatic rings. The maximum Gasteiger partial charge on any atom is 0.387 e. The molecule has 0 radical (unpaired) electrons. The number of carbonyl (C=O) groups excluding carboxylic acids is 2. The maximum absolute atomic E-state index is 12.3. The van der Waals surface area contributed by atoms with E-state index in [4.69, 9.17) is 14.2 Å². The lowest BCUT2D eigenvalue weighted by Crippen LogP contribution is -2.14. The first-order valence-electron chi connectivity index (χ1n) is 7.52. The fourth-order valence-corrected chi connectivity index (χ4v) is 2.67. The molecular weight excluding hydrogens is 430 g/mol. The molecule has 2 rings (SSSR count). The van der Waals surface area contributed by atoms with Crippen molar-refractivity contribution < 1.29 is 37.3 Å². The Morgan fingerprint density at radius 1 is 0.963 bits per heavy atom. The van der Waals surface area contributed by atoms with Crippen LogP contribution in [0.15, 0.2) is 40.9 Å². The van der Waals surface area contributed by atoms with Gasteiger partial charge in [-0.25, -0.2) is 4.79 Å². The molecule has 9 heteroatoms. The zero-order chi connectivity index (χ0) is 20.0. The van der Waals surface area contributed by atoms with E-state index in [1.165, 1.54) is 26.4 Å². The van der Waals surface area contributed by atoms with E-state index in [1.54, 1.807) is 18.2 Å². The Morgan fingerprint density at radius 2 is 1.59 bits per heavy atom. The van der Waals surface area contributed by atoms with Crippen LogP contribution in [0.1, 0.15) is 20.7 Å². The minimum Gasteiger partial charge on any atom is -0.496 e. The second-order valence-electron chi connectivity index (χ2n) is 5.09. The molecule has 0 aliphatic heterocycles. The molecule has 0 aliphatic carbocycles. The van der Waals surface area contributed by atoms with Gasteiger partial charge in [-0.1, -0.05) is 0 Å². The molecule has 0 spiro atoms. The fraction of sp³-hybridized carbons (Fsp3) is 0.222. The van der Waals surface area contributed by atoms with Crippen LogP contribution in [-0.4, -0.2) is 39.2 Å². The summed E-state index contributed by atoms with van der Waals surface area (Å²) in [5.74, 6) is -0.950. The van der Waals surface area contributed by atoms with Crippen molar-refractivity contribution in [3.05, 3.63) is 52.0 Å². The number of alkyl halides is 2. The number of rotatable bonds is 8. The van der Waals surface area contributed by atoms with Crippen molar-refractivity contribution in [3.63, 3.8) is 0 Å². The summed E-state index contributed by atoms with van der Waals surface area (Å²) >= 11 is 3.27. The van der Waals surface area contributed by atoms with E-state index >= 15 is 0 Å². The summed E-state index contributed by atoms with van der Waals surface area (Å²) in [6.07, 6.45) is 0. The maximum atomic E-state index is 12.3. The first-order valence-corrected chi connectivity index (χ1v) is 8.31. The van der Waals surface area contributed by atoms with Gasteiger partial charge in [-0.3, -0.25) is 4.79 Å². The number of methoxy groups -OCH3 is 2. The molecule has 0 atom stereocenters. The van der Waals surface area contributed by atoms with Gasteiger partial charge in [0.1, 0.15) is 5.75 Å². The molecule has 0 bridgehead atoms. The fourth-order valence-electron chi connectivity index (χ4n) is 2.13. The summed E-state index contributed by atoms with van der Waals surface area (Å²) in [4.78, 5) is 24.3. The van der Waals surface area contributed by atoms with E-state index in [2.05, 4.69) is 20.7 Å².